The lowest BCUT2D eigenvalue weighted by molar-refractivity contribution is -0.151. The Labute approximate surface area is 198 Å². The molecule has 0 bridgehead atoms. The van der Waals surface area contributed by atoms with E-state index in [0.29, 0.717) is 21.3 Å². The average Bonchev–Trinajstić information content (AvgIpc) is 3.10. The van der Waals surface area contributed by atoms with E-state index in [1.54, 1.807) is 25.1 Å². The third-order valence-corrected chi connectivity index (χ3v) is 5.72. The van der Waals surface area contributed by atoms with Crippen LogP contribution in [0.25, 0.3) is 0 Å². The van der Waals surface area contributed by atoms with Crippen LogP contribution in [0.2, 0.25) is 15.1 Å². The normalized spacial score (nSPS) is 15.4. The maximum atomic E-state index is 12.4. The highest BCUT2D eigenvalue weighted by molar-refractivity contribution is 6.36. The van der Waals surface area contributed by atoms with Gasteiger partial charge in [0.1, 0.15) is 0 Å². The third-order valence-electron chi connectivity index (χ3n) is 4.76. The SMILES string of the molecule is Cc1c(Cl)cccc1NC(=O)COC(=O)[C@@H]1CC(=O)N(NC(=O)c2ccc(Cl)cc2Cl)C1. The van der Waals surface area contributed by atoms with E-state index in [1.165, 1.54) is 18.2 Å². The van der Waals surface area contributed by atoms with Gasteiger partial charge in [-0.3, -0.25) is 29.6 Å². The van der Waals surface area contributed by atoms with E-state index in [4.69, 9.17) is 39.5 Å². The highest BCUT2D eigenvalue weighted by Gasteiger charge is 2.37. The molecule has 168 valence electrons. The predicted octanol–water partition coefficient (Wildman–Crippen LogP) is 3.63. The van der Waals surface area contributed by atoms with E-state index < -0.39 is 36.2 Å². The van der Waals surface area contributed by atoms with Gasteiger partial charge in [-0.2, -0.15) is 0 Å². The number of rotatable bonds is 6. The van der Waals surface area contributed by atoms with Crippen LogP contribution < -0.4 is 10.7 Å². The second kappa shape index (κ2) is 10.2. The van der Waals surface area contributed by atoms with Crippen molar-refractivity contribution in [1.29, 1.82) is 0 Å². The molecule has 11 heteroatoms. The topological polar surface area (TPSA) is 105 Å². The van der Waals surface area contributed by atoms with Gasteiger partial charge in [-0.05, 0) is 42.8 Å². The minimum Gasteiger partial charge on any atom is -0.455 e. The van der Waals surface area contributed by atoms with Crippen molar-refractivity contribution in [2.75, 3.05) is 18.5 Å². The average molecular weight is 499 g/mol. The number of esters is 1. The molecule has 0 aliphatic carbocycles. The van der Waals surface area contributed by atoms with E-state index in [2.05, 4.69) is 10.7 Å². The van der Waals surface area contributed by atoms with Gasteiger partial charge in [0.25, 0.3) is 11.8 Å². The van der Waals surface area contributed by atoms with Crippen molar-refractivity contribution in [3.63, 3.8) is 0 Å². The van der Waals surface area contributed by atoms with Gasteiger partial charge in [-0.15, -0.1) is 0 Å². The number of hydrogen-bond acceptors (Lipinski definition) is 5. The van der Waals surface area contributed by atoms with Crippen molar-refractivity contribution < 1.29 is 23.9 Å². The number of halogens is 3. The first-order valence-corrected chi connectivity index (χ1v) is 10.6. The smallest absolute Gasteiger partial charge is 0.311 e. The van der Waals surface area contributed by atoms with Crippen molar-refractivity contribution in [1.82, 2.24) is 10.4 Å². The summed E-state index contributed by atoms with van der Waals surface area (Å²) in [6, 6.07) is 9.36. The Hall–Kier alpha value is -2.81. The van der Waals surface area contributed by atoms with E-state index >= 15 is 0 Å². The van der Waals surface area contributed by atoms with Crippen LogP contribution in [0.15, 0.2) is 36.4 Å². The standard InChI is InChI=1S/C21H18Cl3N3O5/c1-11-15(23)3-2-4-17(11)25-18(28)10-32-21(31)12-7-19(29)27(9-12)26-20(30)14-6-5-13(22)8-16(14)24/h2-6,8,12H,7,9-10H2,1H3,(H,25,28)(H,26,30)/t12-/m1/s1. The zero-order valence-electron chi connectivity index (χ0n) is 16.8. The fourth-order valence-corrected chi connectivity index (χ4v) is 3.68. The number of anilines is 1. The molecule has 1 heterocycles. The number of benzene rings is 2. The summed E-state index contributed by atoms with van der Waals surface area (Å²) in [5, 5.41) is 4.61. The summed E-state index contributed by atoms with van der Waals surface area (Å²) in [6.07, 6.45) is -0.164. The lowest BCUT2D eigenvalue weighted by atomic mass is 10.1. The van der Waals surface area contributed by atoms with Crippen molar-refractivity contribution >= 4 is 64.2 Å². The summed E-state index contributed by atoms with van der Waals surface area (Å²) in [5.74, 6) is -3.19. The largest absolute Gasteiger partial charge is 0.455 e. The van der Waals surface area contributed by atoms with Crippen LogP contribution in [0.3, 0.4) is 0 Å². The van der Waals surface area contributed by atoms with E-state index in [0.717, 1.165) is 5.01 Å². The second-order valence-corrected chi connectivity index (χ2v) is 8.29. The molecule has 0 spiro atoms. The molecule has 2 aromatic carbocycles. The Morgan fingerprint density at radius 2 is 1.88 bits per heavy atom. The molecule has 32 heavy (non-hydrogen) atoms. The first-order chi connectivity index (χ1) is 15.2. The first kappa shape index (κ1) is 23.8. The highest BCUT2D eigenvalue weighted by Crippen LogP contribution is 2.24. The second-order valence-electron chi connectivity index (χ2n) is 7.04. The van der Waals surface area contributed by atoms with Crippen molar-refractivity contribution in [3.05, 3.63) is 62.6 Å². The molecule has 0 unspecified atom stereocenters. The third kappa shape index (κ3) is 5.70. The molecule has 1 atom stereocenters. The summed E-state index contributed by atoms with van der Waals surface area (Å²) < 4.78 is 5.04. The van der Waals surface area contributed by atoms with Crippen molar-refractivity contribution in [2.24, 2.45) is 5.92 Å². The van der Waals surface area contributed by atoms with E-state index in [1.807, 2.05) is 0 Å². The molecule has 8 nitrogen and oxygen atoms in total. The van der Waals surface area contributed by atoms with Crippen LogP contribution in [-0.4, -0.2) is 41.9 Å². The number of hydrazine groups is 1. The molecule has 1 aliphatic rings. The molecular weight excluding hydrogens is 481 g/mol. The Morgan fingerprint density at radius 1 is 1.12 bits per heavy atom. The number of carbonyl (C=O) groups is 4. The molecule has 3 amide bonds. The number of nitrogens with one attached hydrogen (secondary N) is 2. The van der Waals surface area contributed by atoms with Crippen LogP contribution in [0.4, 0.5) is 5.69 Å². The Kier molecular flexibility index (Phi) is 7.60. The van der Waals surface area contributed by atoms with Gasteiger partial charge in [0.05, 0.1) is 23.0 Å². The summed E-state index contributed by atoms with van der Waals surface area (Å²) >= 11 is 17.8. The zero-order chi connectivity index (χ0) is 23.4. The van der Waals surface area contributed by atoms with Crippen molar-refractivity contribution in [3.8, 4) is 0 Å². The minimum absolute atomic E-state index is 0.0936. The lowest BCUT2D eigenvalue weighted by Gasteiger charge is -2.18. The molecule has 1 fully saturated rings. The summed E-state index contributed by atoms with van der Waals surface area (Å²) in [5.41, 5.74) is 3.73. The van der Waals surface area contributed by atoms with E-state index in [-0.39, 0.29) is 23.6 Å². The molecular formula is C21H18Cl3N3O5. The van der Waals surface area contributed by atoms with Crippen LogP contribution in [0.1, 0.15) is 22.3 Å². The minimum atomic E-state index is -0.829. The lowest BCUT2D eigenvalue weighted by Crippen LogP contribution is -2.43. The summed E-state index contributed by atoms with van der Waals surface area (Å²) in [4.78, 5) is 49.0. The monoisotopic (exact) mass is 497 g/mol. The fraction of sp³-hybridized carbons (Fsp3) is 0.238. The molecule has 0 aromatic heterocycles. The first-order valence-electron chi connectivity index (χ1n) is 9.43. The zero-order valence-corrected chi connectivity index (χ0v) is 19.1. The molecule has 2 N–H and O–H groups in total. The molecule has 2 aromatic rings. The van der Waals surface area contributed by atoms with Crippen LogP contribution in [-0.2, 0) is 19.1 Å². The van der Waals surface area contributed by atoms with Gasteiger partial charge in [-0.25, -0.2) is 0 Å². The number of carbonyl (C=O) groups excluding carboxylic acids is 4. The van der Waals surface area contributed by atoms with Gasteiger partial charge in [0.2, 0.25) is 5.91 Å². The highest BCUT2D eigenvalue weighted by atomic mass is 35.5. The molecule has 1 saturated heterocycles. The number of amides is 3. The van der Waals surface area contributed by atoms with Crippen LogP contribution in [0, 0.1) is 12.8 Å². The summed E-state index contributed by atoms with van der Waals surface area (Å²) in [6.45, 7) is 1.13. The predicted molar refractivity (Wildman–Crippen MR) is 120 cm³/mol. The quantitative estimate of drug-likeness (QED) is 0.592. The fourth-order valence-electron chi connectivity index (χ4n) is 3.01. The Bertz CT molecular complexity index is 1090. The Balaban J connectivity index is 1.51. The maximum Gasteiger partial charge on any atom is 0.311 e. The molecule has 3 rings (SSSR count). The molecule has 0 saturated carbocycles. The Morgan fingerprint density at radius 3 is 2.59 bits per heavy atom. The van der Waals surface area contributed by atoms with E-state index in [9.17, 15) is 19.2 Å². The molecule has 0 radical (unpaired) electrons. The van der Waals surface area contributed by atoms with Gasteiger partial charge < -0.3 is 10.1 Å². The van der Waals surface area contributed by atoms with Gasteiger partial charge >= 0.3 is 5.97 Å². The van der Waals surface area contributed by atoms with Gasteiger partial charge in [0, 0.05) is 22.2 Å². The maximum absolute atomic E-state index is 12.4. The number of ether oxygens (including phenoxy) is 1. The number of hydrogen-bond donors (Lipinski definition) is 2. The van der Waals surface area contributed by atoms with Crippen LogP contribution in [0.5, 0.6) is 0 Å². The van der Waals surface area contributed by atoms with Gasteiger partial charge in [-0.1, -0.05) is 40.9 Å². The van der Waals surface area contributed by atoms with Crippen LogP contribution >= 0.6 is 34.8 Å². The number of nitrogens with zero attached hydrogens (tertiary/aromatic N) is 1. The van der Waals surface area contributed by atoms with Gasteiger partial charge in [0.15, 0.2) is 6.61 Å². The van der Waals surface area contributed by atoms with Crippen molar-refractivity contribution in [2.45, 2.75) is 13.3 Å². The molecule has 1 aliphatic heterocycles. The summed E-state index contributed by atoms with van der Waals surface area (Å²) in [7, 11) is 0.